The number of anilines is 1. The highest BCUT2D eigenvalue weighted by atomic mass is 79.9. The molecule has 3 rings (SSSR count). The number of para-hydroxylation sites is 2. The molecule has 0 aliphatic rings. The van der Waals surface area contributed by atoms with Crippen LogP contribution in [0.3, 0.4) is 0 Å². The van der Waals surface area contributed by atoms with Crippen molar-refractivity contribution in [3.63, 3.8) is 0 Å². The molecule has 18 heavy (non-hydrogen) atoms. The third-order valence-electron chi connectivity index (χ3n) is 2.90. The fourth-order valence-corrected chi connectivity index (χ4v) is 2.29. The van der Waals surface area contributed by atoms with Gasteiger partial charge in [-0.1, -0.05) is 18.2 Å². The molecular weight excluding hydrogens is 292 g/mol. The molecule has 0 aliphatic heterocycles. The fraction of sp³-hybridized carbons (Fsp3) is 0.0714. The Bertz CT molecular complexity index is 734. The van der Waals surface area contributed by atoms with Gasteiger partial charge < -0.3 is 10.2 Å². The Morgan fingerprint density at radius 1 is 1.17 bits per heavy atom. The molecule has 0 bridgehead atoms. The minimum Gasteiger partial charge on any atom is -0.436 e. The number of hydrogen-bond acceptors (Lipinski definition) is 3. The van der Waals surface area contributed by atoms with E-state index in [2.05, 4.69) is 20.9 Å². The van der Waals surface area contributed by atoms with E-state index in [1.165, 1.54) is 0 Å². The second-order valence-corrected chi connectivity index (χ2v) is 5.00. The predicted octanol–water partition coefficient (Wildman–Crippen LogP) is 4.15. The first-order valence-corrected chi connectivity index (χ1v) is 6.36. The summed E-state index contributed by atoms with van der Waals surface area (Å²) in [6.07, 6.45) is 0. The molecule has 0 amide bonds. The van der Waals surface area contributed by atoms with Gasteiger partial charge in [0.05, 0.1) is 11.3 Å². The Balaban J connectivity index is 2.26. The smallest absolute Gasteiger partial charge is 0.229 e. The number of nitrogen functional groups attached to an aromatic ring is 1. The summed E-state index contributed by atoms with van der Waals surface area (Å²) in [6, 6.07) is 11.6. The normalized spacial score (nSPS) is 11.0. The number of hydrogen-bond donors (Lipinski definition) is 1. The zero-order valence-corrected chi connectivity index (χ0v) is 11.4. The maximum absolute atomic E-state index is 6.03. The second kappa shape index (κ2) is 4.14. The van der Waals surface area contributed by atoms with E-state index in [1.54, 1.807) is 0 Å². The summed E-state index contributed by atoms with van der Waals surface area (Å²) in [7, 11) is 0. The highest BCUT2D eigenvalue weighted by Gasteiger charge is 2.13. The predicted molar refractivity (Wildman–Crippen MR) is 76.3 cm³/mol. The summed E-state index contributed by atoms with van der Waals surface area (Å²) in [5.74, 6) is 0.554. The van der Waals surface area contributed by atoms with E-state index in [1.807, 2.05) is 43.3 Å². The monoisotopic (exact) mass is 302 g/mol. The minimum atomic E-state index is 0.554. The number of halogens is 1. The van der Waals surface area contributed by atoms with Crippen LogP contribution in [0.4, 0.5) is 5.69 Å². The summed E-state index contributed by atoms with van der Waals surface area (Å²) in [5.41, 5.74) is 10.2. The van der Waals surface area contributed by atoms with E-state index in [-0.39, 0.29) is 0 Å². The highest BCUT2D eigenvalue weighted by molar-refractivity contribution is 9.10. The number of benzene rings is 2. The van der Waals surface area contributed by atoms with Gasteiger partial charge in [0.25, 0.3) is 0 Å². The standard InChI is InChI=1S/C14H11BrN2O/c1-8-4-2-7-11-13(8)18-14(17-11)9-5-3-6-10(15)12(9)16/h2-7H,16H2,1H3. The van der Waals surface area contributed by atoms with Crippen LogP contribution < -0.4 is 5.73 Å². The maximum atomic E-state index is 6.03. The molecule has 0 radical (unpaired) electrons. The average molecular weight is 303 g/mol. The second-order valence-electron chi connectivity index (χ2n) is 4.14. The van der Waals surface area contributed by atoms with Crippen LogP contribution in [0, 0.1) is 6.92 Å². The van der Waals surface area contributed by atoms with Gasteiger partial charge in [0.2, 0.25) is 5.89 Å². The van der Waals surface area contributed by atoms with Crippen molar-refractivity contribution in [3.8, 4) is 11.5 Å². The molecule has 0 aliphatic carbocycles. The molecule has 1 heterocycles. The molecular formula is C14H11BrN2O. The molecule has 1 aromatic heterocycles. The number of aryl methyl sites for hydroxylation is 1. The number of oxazole rings is 1. The molecule has 3 aromatic rings. The van der Waals surface area contributed by atoms with Gasteiger partial charge in [0.1, 0.15) is 5.52 Å². The Morgan fingerprint density at radius 2 is 1.94 bits per heavy atom. The first-order chi connectivity index (χ1) is 8.66. The van der Waals surface area contributed by atoms with Gasteiger partial charge in [-0.25, -0.2) is 4.98 Å². The van der Waals surface area contributed by atoms with Crippen molar-refractivity contribution in [1.29, 1.82) is 0 Å². The number of nitrogens with zero attached hydrogens (tertiary/aromatic N) is 1. The zero-order chi connectivity index (χ0) is 12.7. The van der Waals surface area contributed by atoms with Gasteiger partial charge in [-0.05, 0) is 46.6 Å². The molecule has 0 fully saturated rings. The lowest BCUT2D eigenvalue weighted by molar-refractivity contribution is 0.617. The van der Waals surface area contributed by atoms with Gasteiger partial charge in [-0.15, -0.1) is 0 Å². The Labute approximate surface area is 113 Å². The minimum absolute atomic E-state index is 0.554. The topological polar surface area (TPSA) is 52.0 Å². The van der Waals surface area contributed by atoms with E-state index in [0.717, 1.165) is 26.7 Å². The van der Waals surface area contributed by atoms with Crippen LogP contribution in [0.15, 0.2) is 45.3 Å². The number of rotatable bonds is 1. The van der Waals surface area contributed by atoms with E-state index in [0.29, 0.717) is 11.6 Å². The van der Waals surface area contributed by atoms with E-state index in [9.17, 15) is 0 Å². The molecule has 0 unspecified atom stereocenters. The van der Waals surface area contributed by atoms with Crippen LogP contribution in [0.1, 0.15) is 5.56 Å². The van der Waals surface area contributed by atoms with Gasteiger partial charge in [-0.3, -0.25) is 0 Å². The lowest BCUT2D eigenvalue weighted by Crippen LogP contribution is -1.91. The maximum Gasteiger partial charge on any atom is 0.229 e. The molecule has 2 N–H and O–H groups in total. The third kappa shape index (κ3) is 1.69. The van der Waals surface area contributed by atoms with Crippen molar-refractivity contribution in [2.75, 3.05) is 5.73 Å². The van der Waals surface area contributed by atoms with Gasteiger partial charge in [-0.2, -0.15) is 0 Å². The zero-order valence-electron chi connectivity index (χ0n) is 9.77. The van der Waals surface area contributed by atoms with Crippen LogP contribution in [-0.2, 0) is 0 Å². The first-order valence-electron chi connectivity index (χ1n) is 5.57. The van der Waals surface area contributed by atoms with Gasteiger partial charge in [0.15, 0.2) is 5.58 Å². The van der Waals surface area contributed by atoms with Crippen molar-refractivity contribution in [1.82, 2.24) is 4.98 Å². The SMILES string of the molecule is Cc1cccc2nc(-c3cccc(Br)c3N)oc12. The highest BCUT2D eigenvalue weighted by Crippen LogP contribution is 2.33. The number of aromatic nitrogens is 1. The molecule has 4 heteroatoms. The van der Waals surface area contributed by atoms with Crippen molar-refractivity contribution in [3.05, 3.63) is 46.4 Å². The molecule has 0 atom stereocenters. The lowest BCUT2D eigenvalue weighted by Gasteiger charge is -2.02. The molecule has 0 spiro atoms. The van der Waals surface area contributed by atoms with Crippen LogP contribution in [0.2, 0.25) is 0 Å². The summed E-state index contributed by atoms with van der Waals surface area (Å²) in [6.45, 7) is 2.00. The van der Waals surface area contributed by atoms with Crippen LogP contribution in [0.5, 0.6) is 0 Å². The Hall–Kier alpha value is -1.81. The van der Waals surface area contributed by atoms with Crippen LogP contribution in [0.25, 0.3) is 22.6 Å². The third-order valence-corrected chi connectivity index (χ3v) is 3.59. The van der Waals surface area contributed by atoms with Gasteiger partial charge in [0, 0.05) is 4.47 Å². The largest absolute Gasteiger partial charge is 0.436 e. The molecule has 0 saturated heterocycles. The molecule has 90 valence electrons. The average Bonchev–Trinajstić information content (AvgIpc) is 2.78. The van der Waals surface area contributed by atoms with Crippen molar-refractivity contribution >= 4 is 32.7 Å². The summed E-state index contributed by atoms with van der Waals surface area (Å²) < 4.78 is 6.66. The van der Waals surface area contributed by atoms with Crippen molar-refractivity contribution in [2.45, 2.75) is 6.92 Å². The van der Waals surface area contributed by atoms with Crippen molar-refractivity contribution < 1.29 is 4.42 Å². The quantitative estimate of drug-likeness (QED) is 0.687. The summed E-state index contributed by atoms with van der Waals surface area (Å²) in [4.78, 5) is 4.48. The summed E-state index contributed by atoms with van der Waals surface area (Å²) in [5, 5.41) is 0. The number of nitrogens with two attached hydrogens (primary N) is 1. The lowest BCUT2D eigenvalue weighted by atomic mass is 10.2. The molecule has 0 saturated carbocycles. The van der Waals surface area contributed by atoms with E-state index >= 15 is 0 Å². The van der Waals surface area contributed by atoms with Gasteiger partial charge >= 0.3 is 0 Å². The Morgan fingerprint density at radius 3 is 2.72 bits per heavy atom. The van der Waals surface area contributed by atoms with Crippen LogP contribution >= 0.6 is 15.9 Å². The van der Waals surface area contributed by atoms with Crippen molar-refractivity contribution in [2.24, 2.45) is 0 Å². The first kappa shape index (κ1) is 11.3. The molecule has 2 aromatic carbocycles. The molecule has 3 nitrogen and oxygen atoms in total. The van der Waals surface area contributed by atoms with E-state index in [4.69, 9.17) is 10.2 Å². The van der Waals surface area contributed by atoms with Crippen LogP contribution in [-0.4, -0.2) is 4.98 Å². The Kier molecular flexibility index (Phi) is 2.59. The fourth-order valence-electron chi connectivity index (χ4n) is 1.93. The summed E-state index contributed by atoms with van der Waals surface area (Å²) >= 11 is 3.41. The number of fused-ring (bicyclic) bond motifs is 1. The van der Waals surface area contributed by atoms with E-state index < -0.39 is 0 Å².